The quantitative estimate of drug-likeness (QED) is 0.897. The molecule has 1 aliphatic heterocycles. The van der Waals surface area contributed by atoms with Crippen molar-refractivity contribution in [2.24, 2.45) is 0 Å². The summed E-state index contributed by atoms with van der Waals surface area (Å²) in [6.07, 6.45) is 0. The van der Waals surface area contributed by atoms with E-state index in [9.17, 15) is 0 Å². The fourth-order valence-corrected chi connectivity index (χ4v) is 3.16. The van der Waals surface area contributed by atoms with Crippen LogP contribution in [0.3, 0.4) is 0 Å². The fraction of sp³-hybridized carbons (Fsp3) is 0.769. The van der Waals surface area contributed by atoms with Crippen LogP contribution in [0.4, 0.5) is 0 Å². The number of piperazine rings is 1. The number of nitrogens with one attached hydrogen (secondary N) is 1. The molecule has 1 aromatic heterocycles. The SMILES string of the molecule is CC(C)c1nc(CN2C(C)CNCC2C)cs1. The molecule has 1 aliphatic rings. The van der Waals surface area contributed by atoms with Crippen molar-refractivity contribution in [2.45, 2.75) is 52.2 Å². The molecule has 1 fully saturated rings. The minimum atomic E-state index is 0.548. The molecule has 1 aromatic rings. The van der Waals surface area contributed by atoms with Crippen LogP contribution in [0, 0.1) is 0 Å². The first-order chi connectivity index (χ1) is 8.08. The van der Waals surface area contributed by atoms with Crippen LogP contribution in [-0.4, -0.2) is 35.1 Å². The van der Waals surface area contributed by atoms with Crippen LogP contribution < -0.4 is 5.32 Å². The third kappa shape index (κ3) is 3.06. The Hall–Kier alpha value is -0.450. The van der Waals surface area contributed by atoms with Gasteiger partial charge in [0.1, 0.15) is 0 Å². The van der Waals surface area contributed by atoms with Gasteiger partial charge >= 0.3 is 0 Å². The summed E-state index contributed by atoms with van der Waals surface area (Å²) in [7, 11) is 0. The van der Waals surface area contributed by atoms with Crippen molar-refractivity contribution in [2.75, 3.05) is 13.1 Å². The van der Waals surface area contributed by atoms with Gasteiger partial charge in [-0.2, -0.15) is 0 Å². The molecular formula is C13H23N3S. The van der Waals surface area contributed by atoms with E-state index in [1.807, 2.05) is 0 Å². The molecule has 3 nitrogen and oxygen atoms in total. The average Bonchev–Trinajstić information content (AvgIpc) is 2.72. The minimum Gasteiger partial charge on any atom is -0.314 e. The number of thiazole rings is 1. The van der Waals surface area contributed by atoms with Gasteiger partial charge in [0.2, 0.25) is 0 Å². The van der Waals surface area contributed by atoms with Gasteiger partial charge in [-0.05, 0) is 13.8 Å². The largest absolute Gasteiger partial charge is 0.314 e. The third-order valence-corrected chi connectivity index (χ3v) is 4.61. The smallest absolute Gasteiger partial charge is 0.0954 e. The normalized spacial score (nSPS) is 26.6. The lowest BCUT2D eigenvalue weighted by Crippen LogP contribution is -2.54. The van der Waals surface area contributed by atoms with Gasteiger partial charge in [-0.3, -0.25) is 4.90 Å². The zero-order chi connectivity index (χ0) is 12.4. The molecule has 1 saturated heterocycles. The van der Waals surface area contributed by atoms with E-state index in [1.165, 1.54) is 10.7 Å². The maximum absolute atomic E-state index is 4.73. The second-order valence-electron chi connectivity index (χ2n) is 5.36. The first-order valence-corrected chi connectivity index (χ1v) is 7.36. The maximum Gasteiger partial charge on any atom is 0.0954 e. The highest BCUT2D eigenvalue weighted by Crippen LogP contribution is 2.21. The summed E-state index contributed by atoms with van der Waals surface area (Å²) >= 11 is 1.80. The first-order valence-electron chi connectivity index (χ1n) is 6.48. The molecule has 2 heterocycles. The van der Waals surface area contributed by atoms with Gasteiger partial charge in [0.05, 0.1) is 10.7 Å². The molecule has 17 heavy (non-hydrogen) atoms. The minimum absolute atomic E-state index is 0.548. The lowest BCUT2D eigenvalue weighted by Gasteiger charge is -2.39. The van der Waals surface area contributed by atoms with Crippen LogP contribution in [0.1, 0.15) is 44.3 Å². The van der Waals surface area contributed by atoms with Crippen LogP contribution >= 0.6 is 11.3 Å². The standard InChI is InChI=1S/C13H23N3S/c1-9(2)13-15-12(8-17-13)7-16-10(3)5-14-6-11(16)4/h8-11,14H,5-7H2,1-4H3. The third-order valence-electron chi connectivity index (χ3n) is 3.42. The molecule has 2 unspecified atom stereocenters. The zero-order valence-corrected chi connectivity index (χ0v) is 12.0. The van der Waals surface area contributed by atoms with Crippen LogP contribution in [0.15, 0.2) is 5.38 Å². The number of aromatic nitrogens is 1. The van der Waals surface area contributed by atoms with Crippen molar-refractivity contribution in [1.29, 1.82) is 0 Å². The van der Waals surface area contributed by atoms with Crippen LogP contribution in [0.5, 0.6) is 0 Å². The van der Waals surface area contributed by atoms with E-state index in [1.54, 1.807) is 11.3 Å². The van der Waals surface area contributed by atoms with Gasteiger partial charge in [-0.1, -0.05) is 13.8 Å². The Morgan fingerprint density at radius 3 is 2.59 bits per heavy atom. The molecule has 0 aromatic carbocycles. The van der Waals surface area contributed by atoms with Crippen molar-refractivity contribution in [3.8, 4) is 0 Å². The van der Waals surface area contributed by atoms with Crippen molar-refractivity contribution < 1.29 is 0 Å². The predicted octanol–water partition coefficient (Wildman–Crippen LogP) is 2.45. The van der Waals surface area contributed by atoms with E-state index in [-0.39, 0.29) is 0 Å². The Balaban J connectivity index is 2.03. The molecule has 0 spiro atoms. The monoisotopic (exact) mass is 253 g/mol. The topological polar surface area (TPSA) is 28.2 Å². The van der Waals surface area contributed by atoms with E-state index in [0.717, 1.165) is 19.6 Å². The molecule has 96 valence electrons. The lowest BCUT2D eigenvalue weighted by atomic mass is 10.1. The van der Waals surface area contributed by atoms with Gasteiger partial charge in [0.25, 0.3) is 0 Å². The summed E-state index contributed by atoms with van der Waals surface area (Å²) in [5, 5.41) is 6.94. The van der Waals surface area contributed by atoms with Gasteiger partial charge in [0, 0.05) is 43.0 Å². The molecule has 1 N–H and O–H groups in total. The van der Waals surface area contributed by atoms with Gasteiger partial charge in [0.15, 0.2) is 0 Å². The highest BCUT2D eigenvalue weighted by atomic mass is 32.1. The number of nitrogens with zero attached hydrogens (tertiary/aromatic N) is 2. The Morgan fingerprint density at radius 1 is 1.41 bits per heavy atom. The molecule has 0 bridgehead atoms. The fourth-order valence-electron chi connectivity index (χ4n) is 2.33. The molecule has 0 saturated carbocycles. The molecule has 2 atom stereocenters. The van der Waals surface area contributed by atoms with Crippen LogP contribution in [-0.2, 0) is 6.54 Å². The van der Waals surface area contributed by atoms with Gasteiger partial charge < -0.3 is 5.32 Å². The van der Waals surface area contributed by atoms with E-state index in [4.69, 9.17) is 4.98 Å². The highest BCUT2D eigenvalue weighted by Gasteiger charge is 2.25. The Kier molecular flexibility index (Phi) is 4.17. The molecule has 0 radical (unpaired) electrons. The molecule has 0 aliphatic carbocycles. The Labute approximate surface area is 108 Å². The summed E-state index contributed by atoms with van der Waals surface area (Å²) < 4.78 is 0. The van der Waals surface area contributed by atoms with Crippen molar-refractivity contribution in [3.05, 3.63) is 16.1 Å². The summed E-state index contributed by atoms with van der Waals surface area (Å²) in [6, 6.07) is 1.20. The van der Waals surface area contributed by atoms with Crippen molar-refractivity contribution in [1.82, 2.24) is 15.2 Å². The zero-order valence-electron chi connectivity index (χ0n) is 11.2. The second-order valence-corrected chi connectivity index (χ2v) is 6.25. The molecule has 4 heteroatoms. The average molecular weight is 253 g/mol. The maximum atomic E-state index is 4.73. The van der Waals surface area contributed by atoms with E-state index >= 15 is 0 Å². The number of hydrogen-bond acceptors (Lipinski definition) is 4. The van der Waals surface area contributed by atoms with E-state index in [0.29, 0.717) is 18.0 Å². The summed E-state index contributed by atoms with van der Waals surface area (Å²) in [4.78, 5) is 7.28. The van der Waals surface area contributed by atoms with Gasteiger partial charge in [-0.15, -0.1) is 11.3 Å². The Morgan fingerprint density at radius 2 is 2.06 bits per heavy atom. The van der Waals surface area contributed by atoms with E-state index in [2.05, 4.69) is 43.3 Å². The second kappa shape index (κ2) is 5.46. The predicted molar refractivity (Wildman–Crippen MR) is 73.5 cm³/mol. The van der Waals surface area contributed by atoms with Crippen molar-refractivity contribution >= 4 is 11.3 Å². The highest BCUT2D eigenvalue weighted by molar-refractivity contribution is 7.09. The molecular weight excluding hydrogens is 230 g/mol. The number of rotatable bonds is 3. The first kappa shape index (κ1) is 13.0. The Bertz CT molecular complexity index is 351. The summed E-state index contributed by atoms with van der Waals surface area (Å²) in [5.74, 6) is 0.548. The summed E-state index contributed by atoms with van der Waals surface area (Å²) in [6.45, 7) is 12.2. The lowest BCUT2D eigenvalue weighted by molar-refractivity contribution is 0.107. The van der Waals surface area contributed by atoms with Gasteiger partial charge in [-0.25, -0.2) is 4.98 Å². The van der Waals surface area contributed by atoms with E-state index < -0.39 is 0 Å². The van der Waals surface area contributed by atoms with Crippen LogP contribution in [0.25, 0.3) is 0 Å². The van der Waals surface area contributed by atoms with Crippen LogP contribution in [0.2, 0.25) is 0 Å². The molecule has 2 rings (SSSR count). The molecule has 0 amide bonds. The summed E-state index contributed by atoms with van der Waals surface area (Å²) in [5.41, 5.74) is 1.24. The van der Waals surface area contributed by atoms with Crippen molar-refractivity contribution in [3.63, 3.8) is 0 Å². The number of hydrogen-bond donors (Lipinski definition) is 1.